The maximum atomic E-state index is 13.2. The van der Waals surface area contributed by atoms with Crippen LogP contribution < -0.4 is 0 Å². The summed E-state index contributed by atoms with van der Waals surface area (Å²) in [7, 11) is 1.86. The molecule has 0 saturated heterocycles. The zero-order valence-corrected chi connectivity index (χ0v) is 12.3. The first-order valence-corrected chi connectivity index (χ1v) is 6.79. The lowest BCUT2D eigenvalue weighted by atomic mass is 10.1. The molecule has 0 amide bonds. The monoisotopic (exact) mass is 307 g/mol. The second kappa shape index (κ2) is 6.70. The molecule has 0 spiro atoms. The second-order valence-corrected chi connectivity index (χ2v) is 5.28. The van der Waals surface area contributed by atoms with Crippen LogP contribution in [0.3, 0.4) is 0 Å². The highest BCUT2D eigenvalue weighted by atomic mass is 35.5. The van der Waals surface area contributed by atoms with Gasteiger partial charge in [0, 0.05) is 18.1 Å². The van der Waals surface area contributed by atoms with E-state index in [0.717, 1.165) is 11.6 Å². The largest absolute Gasteiger partial charge is 0.478 e. The second-order valence-electron chi connectivity index (χ2n) is 4.87. The highest BCUT2D eigenvalue weighted by Crippen LogP contribution is 2.19. The van der Waals surface area contributed by atoms with Gasteiger partial charge >= 0.3 is 5.97 Å². The fraction of sp³-hybridized carbons (Fsp3) is 0.188. The Morgan fingerprint density at radius 1 is 1.19 bits per heavy atom. The molecule has 0 fully saturated rings. The molecule has 0 aromatic heterocycles. The number of benzene rings is 2. The predicted molar refractivity (Wildman–Crippen MR) is 80.0 cm³/mol. The van der Waals surface area contributed by atoms with Crippen molar-refractivity contribution in [3.05, 3.63) is 70.0 Å². The molecular weight excluding hydrogens is 293 g/mol. The number of hydrogen-bond donors (Lipinski definition) is 1. The van der Waals surface area contributed by atoms with E-state index in [4.69, 9.17) is 16.7 Å². The summed E-state index contributed by atoms with van der Waals surface area (Å²) in [6.45, 7) is 0.975. The molecule has 0 saturated carbocycles. The fourth-order valence-corrected chi connectivity index (χ4v) is 2.35. The van der Waals surface area contributed by atoms with E-state index in [9.17, 15) is 9.18 Å². The van der Waals surface area contributed by atoms with E-state index in [-0.39, 0.29) is 5.56 Å². The van der Waals surface area contributed by atoms with Gasteiger partial charge in [-0.05, 0) is 36.4 Å². The van der Waals surface area contributed by atoms with Crippen LogP contribution in [0.2, 0.25) is 5.02 Å². The Morgan fingerprint density at radius 3 is 2.52 bits per heavy atom. The summed E-state index contributed by atoms with van der Waals surface area (Å²) in [5.41, 5.74) is 1.51. The van der Waals surface area contributed by atoms with E-state index in [0.29, 0.717) is 23.7 Å². The van der Waals surface area contributed by atoms with Gasteiger partial charge in [0.05, 0.1) is 5.56 Å². The minimum atomic E-state index is -1.13. The van der Waals surface area contributed by atoms with E-state index in [2.05, 4.69) is 0 Å². The normalized spacial score (nSPS) is 10.9. The maximum absolute atomic E-state index is 13.2. The van der Waals surface area contributed by atoms with Gasteiger partial charge in [0.15, 0.2) is 0 Å². The van der Waals surface area contributed by atoms with Crippen LogP contribution in [0.4, 0.5) is 4.39 Å². The van der Waals surface area contributed by atoms with Crippen molar-refractivity contribution in [2.24, 2.45) is 0 Å². The third-order valence-corrected chi connectivity index (χ3v) is 3.51. The van der Waals surface area contributed by atoms with Gasteiger partial charge in [-0.3, -0.25) is 4.90 Å². The molecule has 1 N–H and O–H groups in total. The molecule has 110 valence electrons. The number of nitrogens with zero attached hydrogens (tertiary/aromatic N) is 1. The van der Waals surface area contributed by atoms with Crippen LogP contribution in [0, 0.1) is 5.82 Å². The summed E-state index contributed by atoms with van der Waals surface area (Å²) in [5, 5.41) is 9.80. The Hall–Kier alpha value is -1.91. The van der Waals surface area contributed by atoms with Gasteiger partial charge in [0.2, 0.25) is 0 Å². The average Bonchev–Trinajstić information content (AvgIpc) is 2.43. The van der Waals surface area contributed by atoms with E-state index >= 15 is 0 Å². The van der Waals surface area contributed by atoms with E-state index in [1.165, 1.54) is 12.1 Å². The smallest absolute Gasteiger partial charge is 0.336 e. The van der Waals surface area contributed by atoms with Crippen LogP contribution in [0.5, 0.6) is 0 Å². The van der Waals surface area contributed by atoms with Crippen LogP contribution in [0.15, 0.2) is 42.5 Å². The van der Waals surface area contributed by atoms with Gasteiger partial charge < -0.3 is 5.11 Å². The molecule has 0 atom stereocenters. The van der Waals surface area contributed by atoms with Gasteiger partial charge in [-0.2, -0.15) is 0 Å². The Morgan fingerprint density at radius 2 is 1.86 bits per heavy atom. The van der Waals surface area contributed by atoms with Crippen molar-refractivity contribution in [3.63, 3.8) is 0 Å². The quantitative estimate of drug-likeness (QED) is 0.913. The Labute approximate surface area is 127 Å². The number of carboxylic acids is 1. The summed E-state index contributed by atoms with van der Waals surface area (Å²) in [5.74, 6) is -1.68. The van der Waals surface area contributed by atoms with Crippen molar-refractivity contribution in [2.45, 2.75) is 13.1 Å². The van der Waals surface area contributed by atoms with Crippen molar-refractivity contribution in [1.82, 2.24) is 4.90 Å². The SMILES string of the molecule is CN(Cc1ccccc1Cl)Cc1ccc(F)cc1C(=O)O. The Bertz CT molecular complexity index is 660. The maximum Gasteiger partial charge on any atom is 0.336 e. The summed E-state index contributed by atoms with van der Waals surface area (Å²) in [6.07, 6.45) is 0. The minimum Gasteiger partial charge on any atom is -0.478 e. The first-order valence-electron chi connectivity index (χ1n) is 6.41. The Kier molecular flexibility index (Phi) is 4.94. The van der Waals surface area contributed by atoms with Crippen molar-refractivity contribution >= 4 is 17.6 Å². The lowest BCUT2D eigenvalue weighted by molar-refractivity contribution is 0.0694. The summed E-state index contributed by atoms with van der Waals surface area (Å²) in [6, 6.07) is 11.3. The number of aromatic carboxylic acids is 1. The van der Waals surface area contributed by atoms with Gasteiger partial charge in [-0.15, -0.1) is 0 Å². The number of carbonyl (C=O) groups is 1. The standard InChI is InChI=1S/C16H15ClFNO2/c1-19(10-12-4-2-3-5-15(12)17)9-11-6-7-13(18)8-14(11)16(20)21/h2-8H,9-10H2,1H3,(H,20,21). The molecule has 0 bridgehead atoms. The van der Waals surface area contributed by atoms with Crippen molar-refractivity contribution in [2.75, 3.05) is 7.05 Å². The Balaban J connectivity index is 2.15. The van der Waals surface area contributed by atoms with Crippen LogP contribution in [0.1, 0.15) is 21.5 Å². The fourth-order valence-electron chi connectivity index (χ4n) is 2.15. The summed E-state index contributed by atoms with van der Waals surface area (Å²) >= 11 is 6.10. The molecule has 0 unspecified atom stereocenters. The first kappa shape index (κ1) is 15.5. The zero-order chi connectivity index (χ0) is 15.4. The van der Waals surface area contributed by atoms with Gasteiger partial charge in [0.25, 0.3) is 0 Å². The van der Waals surface area contributed by atoms with E-state index in [1.54, 1.807) is 0 Å². The molecule has 0 heterocycles. The molecule has 0 aliphatic heterocycles. The van der Waals surface area contributed by atoms with Crippen LogP contribution >= 0.6 is 11.6 Å². The molecule has 3 nitrogen and oxygen atoms in total. The zero-order valence-electron chi connectivity index (χ0n) is 11.5. The van der Waals surface area contributed by atoms with Gasteiger partial charge in [0.1, 0.15) is 5.82 Å². The van der Waals surface area contributed by atoms with Crippen LogP contribution in [-0.2, 0) is 13.1 Å². The number of carboxylic acid groups (broad SMARTS) is 1. The first-order chi connectivity index (χ1) is 9.97. The van der Waals surface area contributed by atoms with Crippen molar-refractivity contribution in [3.8, 4) is 0 Å². The molecule has 0 aliphatic rings. The molecule has 21 heavy (non-hydrogen) atoms. The lowest BCUT2D eigenvalue weighted by Gasteiger charge is -2.18. The topological polar surface area (TPSA) is 40.5 Å². The highest BCUT2D eigenvalue weighted by molar-refractivity contribution is 6.31. The van der Waals surface area contributed by atoms with Gasteiger partial charge in [-0.25, -0.2) is 9.18 Å². The molecule has 0 radical (unpaired) electrons. The van der Waals surface area contributed by atoms with E-state index in [1.807, 2.05) is 36.2 Å². The number of hydrogen-bond acceptors (Lipinski definition) is 2. The van der Waals surface area contributed by atoms with Crippen LogP contribution in [0.25, 0.3) is 0 Å². The number of rotatable bonds is 5. The third kappa shape index (κ3) is 4.03. The van der Waals surface area contributed by atoms with Crippen molar-refractivity contribution < 1.29 is 14.3 Å². The summed E-state index contributed by atoms with van der Waals surface area (Å²) < 4.78 is 13.2. The molecule has 5 heteroatoms. The molecule has 2 aromatic carbocycles. The van der Waals surface area contributed by atoms with Crippen LogP contribution in [-0.4, -0.2) is 23.0 Å². The summed E-state index contributed by atoms with van der Waals surface area (Å²) in [4.78, 5) is 13.1. The lowest BCUT2D eigenvalue weighted by Crippen LogP contribution is -2.19. The predicted octanol–water partition coefficient (Wildman–Crippen LogP) is 3.81. The average molecular weight is 308 g/mol. The molecule has 2 aromatic rings. The molecule has 0 aliphatic carbocycles. The highest BCUT2D eigenvalue weighted by Gasteiger charge is 2.13. The van der Waals surface area contributed by atoms with Gasteiger partial charge in [-0.1, -0.05) is 35.9 Å². The minimum absolute atomic E-state index is 0.0130. The van der Waals surface area contributed by atoms with E-state index < -0.39 is 11.8 Å². The molecular formula is C16H15ClFNO2. The molecule has 2 rings (SSSR count). The number of halogens is 2. The third-order valence-electron chi connectivity index (χ3n) is 3.14. The van der Waals surface area contributed by atoms with Crippen molar-refractivity contribution in [1.29, 1.82) is 0 Å².